The second-order valence-electron chi connectivity index (χ2n) is 11.0. The van der Waals surface area contributed by atoms with E-state index in [1.165, 1.54) is 44.1 Å². The van der Waals surface area contributed by atoms with E-state index in [-0.39, 0.29) is 5.41 Å². The summed E-state index contributed by atoms with van der Waals surface area (Å²) in [5.41, 5.74) is 12.5. The summed E-state index contributed by atoms with van der Waals surface area (Å²) in [5, 5.41) is 2.51. The largest absolute Gasteiger partial charge is 0.309 e. The molecule has 4 heteroatoms. The molecule has 8 rings (SSSR count). The van der Waals surface area contributed by atoms with Gasteiger partial charge in [0, 0.05) is 52.1 Å². The Labute approximate surface area is 232 Å². The number of rotatable bonds is 3. The molecule has 1 aliphatic carbocycles. The van der Waals surface area contributed by atoms with Crippen LogP contribution < -0.4 is 0 Å². The Balaban J connectivity index is 1.47. The third-order valence-corrected chi connectivity index (χ3v) is 8.36. The van der Waals surface area contributed by atoms with Crippen molar-refractivity contribution in [2.24, 2.45) is 0 Å². The molecule has 3 aromatic carbocycles. The van der Waals surface area contributed by atoms with E-state index in [9.17, 15) is 0 Å². The number of para-hydroxylation sites is 1. The molecule has 0 radical (unpaired) electrons. The van der Waals surface area contributed by atoms with E-state index in [1.807, 2.05) is 24.5 Å². The first-order valence-electron chi connectivity index (χ1n) is 13.6. The van der Waals surface area contributed by atoms with Crippen LogP contribution >= 0.6 is 0 Å². The number of aromatic nitrogens is 4. The van der Waals surface area contributed by atoms with Crippen LogP contribution in [0.5, 0.6) is 0 Å². The van der Waals surface area contributed by atoms with Gasteiger partial charge in [-0.2, -0.15) is 0 Å². The van der Waals surface area contributed by atoms with Gasteiger partial charge in [0.1, 0.15) is 0 Å². The van der Waals surface area contributed by atoms with E-state index < -0.39 is 0 Å². The van der Waals surface area contributed by atoms with Gasteiger partial charge in [-0.3, -0.25) is 9.97 Å². The number of pyridine rings is 3. The van der Waals surface area contributed by atoms with Crippen LogP contribution in [0.25, 0.3) is 61.1 Å². The summed E-state index contributed by atoms with van der Waals surface area (Å²) in [6.45, 7) is 4.68. The van der Waals surface area contributed by atoms with Crippen LogP contribution in [0.3, 0.4) is 0 Å². The molecule has 0 spiro atoms. The van der Waals surface area contributed by atoms with Crippen molar-refractivity contribution in [2.45, 2.75) is 19.3 Å². The second-order valence-corrected chi connectivity index (χ2v) is 11.0. The number of nitrogens with zero attached hydrogens (tertiary/aromatic N) is 4. The standard InChI is InChI=1S/C36H26N4/c1-36(2)30-13-5-3-11-26(30)28-20-35-29(19-31(28)36)27-12-4-6-14-34(27)40(35)25-17-32(23-9-7-15-37-21-23)39-33(18-25)24-10-8-16-38-22-24/h3-22H,1-2H3. The highest BCUT2D eigenvalue weighted by Crippen LogP contribution is 2.51. The number of benzene rings is 3. The number of hydrogen-bond donors (Lipinski definition) is 0. The lowest BCUT2D eigenvalue weighted by molar-refractivity contribution is 0.661. The van der Waals surface area contributed by atoms with Crippen LogP contribution in [0.4, 0.5) is 0 Å². The van der Waals surface area contributed by atoms with Gasteiger partial charge in [-0.1, -0.05) is 56.3 Å². The van der Waals surface area contributed by atoms with E-state index in [4.69, 9.17) is 4.98 Å². The normalized spacial score (nSPS) is 13.4. The van der Waals surface area contributed by atoms with E-state index in [0.717, 1.165) is 28.2 Å². The maximum absolute atomic E-state index is 5.06. The Hall–Kier alpha value is -5.09. The van der Waals surface area contributed by atoms with Gasteiger partial charge in [0.25, 0.3) is 0 Å². The highest BCUT2D eigenvalue weighted by Gasteiger charge is 2.36. The summed E-state index contributed by atoms with van der Waals surface area (Å²) in [6, 6.07) is 34.7. The zero-order valence-corrected chi connectivity index (χ0v) is 22.3. The molecule has 0 saturated carbocycles. The zero-order chi connectivity index (χ0) is 26.8. The molecule has 0 unspecified atom stereocenters. The first kappa shape index (κ1) is 22.9. The summed E-state index contributed by atoms with van der Waals surface area (Å²) in [6.07, 6.45) is 7.33. The fraction of sp³-hybridized carbons (Fsp3) is 0.0833. The summed E-state index contributed by atoms with van der Waals surface area (Å²) in [5.74, 6) is 0. The topological polar surface area (TPSA) is 43.6 Å². The lowest BCUT2D eigenvalue weighted by Crippen LogP contribution is -2.14. The van der Waals surface area contributed by atoms with Crippen LogP contribution in [0.1, 0.15) is 25.0 Å². The summed E-state index contributed by atoms with van der Waals surface area (Å²) >= 11 is 0. The maximum Gasteiger partial charge on any atom is 0.0745 e. The van der Waals surface area contributed by atoms with Crippen molar-refractivity contribution >= 4 is 21.8 Å². The predicted molar refractivity (Wildman–Crippen MR) is 163 cm³/mol. The second kappa shape index (κ2) is 8.45. The monoisotopic (exact) mass is 514 g/mol. The van der Waals surface area contributed by atoms with Crippen molar-refractivity contribution in [3.8, 4) is 39.3 Å². The smallest absolute Gasteiger partial charge is 0.0745 e. The summed E-state index contributed by atoms with van der Waals surface area (Å²) < 4.78 is 2.39. The zero-order valence-electron chi connectivity index (χ0n) is 22.3. The van der Waals surface area contributed by atoms with Gasteiger partial charge in [0.2, 0.25) is 0 Å². The molecule has 0 bridgehead atoms. The van der Waals surface area contributed by atoms with Crippen LogP contribution in [-0.4, -0.2) is 19.5 Å². The molecular formula is C36H26N4. The SMILES string of the molecule is CC1(C)c2ccccc2-c2cc3c(cc21)c1ccccc1n3-c1cc(-c2cccnc2)nc(-c2cccnc2)c1. The lowest BCUT2D eigenvalue weighted by Gasteiger charge is -2.21. The van der Waals surface area contributed by atoms with Gasteiger partial charge >= 0.3 is 0 Å². The molecule has 0 saturated heterocycles. The summed E-state index contributed by atoms with van der Waals surface area (Å²) in [4.78, 5) is 13.8. The van der Waals surface area contributed by atoms with Crippen molar-refractivity contribution < 1.29 is 0 Å². The van der Waals surface area contributed by atoms with Crippen LogP contribution in [0.2, 0.25) is 0 Å². The van der Waals surface area contributed by atoms with Crippen LogP contribution in [0, 0.1) is 0 Å². The third kappa shape index (κ3) is 3.29. The molecule has 0 N–H and O–H groups in total. The van der Waals surface area contributed by atoms with Crippen molar-refractivity contribution in [3.63, 3.8) is 0 Å². The number of fused-ring (bicyclic) bond motifs is 6. The average Bonchev–Trinajstić information content (AvgIpc) is 3.45. The van der Waals surface area contributed by atoms with E-state index >= 15 is 0 Å². The maximum atomic E-state index is 5.06. The van der Waals surface area contributed by atoms with Gasteiger partial charge in [0.15, 0.2) is 0 Å². The Morgan fingerprint density at radius 1 is 0.575 bits per heavy atom. The van der Waals surface area contributed by atoms with Crippen molar-refractivity contribution in [2.75, 3.05) is 0 Å². The van der Waals surface area contributed by atoms with Gasteiger partial charge in [0.05, 0.1) is 28.1 Å². The van der Waals surface area contributed by atoms with Gasteiger partial charge in [-0.05, 0) is 76.9 Å². The molecule has 190 valence electrons. The highest BCUT2D eigenvalue weighted by molar-refractivity contribution is 6.11. The first-order valence-corrected chi connectivity index (χ1v) is 13.6. The minimum Gasteiger partial charge on any atom is -0.309 e. The minimum atomic E-state index is -0.0546. The Kier molecular flexibility index (Phi) is 4.83. The molecular weight excluding hydrogens is 488 g/mol. The predicted octanol–water partition coefficient (Wildman–Crippen LogP) is 8.61. The summed E-state index contributed by atoms with van der Waals surface area (Å²) in [7, 11) is 0. The van der Waals surface area contributed by atoms with Crippen molar-refractivity contribution in [3.05, 3.63) is 133 Å². The Morgan fingerprint density at radius 3 is 1.95 bits per heavy atom. The fourth-order valence-electron chi connectivity index (χ4n) is 6.41. The first-order chi connectivity index (χ1) is 19.6. The van der Waals surface area contributed by atoms with Crippen LogP contribution in [0.15, 0.2) is 122 Å². The average molecular weight is 515 g/mol. The van der Waals surface area contributed by atoms with Gasteiger partial charge in [-0.25, -0.2) is 4.98 Å². The molecule has 0 atom stereocenters. The quantitative estimate of drug-likeness (QED) is 0.237. The Morgan fingerprint density at radius 2 is 1.25 bits per heavy atom. The van der Waals surface area contributed by atoms with Crippen molar-refractivity contribution in [1.82, 2.24) is 19.5 Å². The van der Waals surface area contributed by atoms with Crippen LogP contribution in [-0.2, 0) is 5.41 Å². The fourth-order valence-corrected chi connectivity index (χ4v) is 6.41. The molecule has 0 fully saturated rings. The van der Waals surface area contributed by atoms with Gasteiger partial charge in [-0.15, -0.1) is 0 Å². The van der Waals surface area contributed by atoms with Gasteiger partial charge < -0.3 is 4.57 Å². The Bertz CT molecular complexity index is 2010. The third-order valence-electron chi connectivity index (χ3n) is 8.36. The number of hydrogen-bond acceptors (Lipinski definition) is 3. The van der Waals surface area contributed by atoms with E-state index in [2.05, 4.69) is 113 Å². The molecule has 0 aliphatic heterocycles. The van der Waals surface area contributed by atoms with E-state index in [0.29, 0.717) is 0 Å². The molecule has 7 aromatic rings. The molecule has 4 aromatic heterocycles. The molecule has 4 heterocycles. The molecule has 0 amide bonds. The minimum absolute atomic E-state index is 0.0546. The molecule has 1 aliphatic rings. The lowest BCUT2D eigenvalue weighted by atomic mass is 9.82. The molecule has 4 nitrogen and oxygen atoms in total. The molecule has 40 heavy (non-hydrogen) atoms. The van der Waals surface area contributed by atoms with Crippen molar-refractivity contribution in [1.29, 1.82) is 0 Å². The highest BCUT2D eigenvalue weighted by atomic mass is 15.0. The van der Waals surface area contributed by atoms with E-state index in [1.54, 1.807) is 12.4 Å².